The van der Waals surface area contributed by atoms with Crippen molar-refractivity contribution in [3.05, 3.63) is 24.0 Å². The van der Waals surface area contributed by atoms with Gasteiger partial charge in [-0.2, -0.15) is 0 Å². The molecule has 1 heterocycles. The average Bonchev–Trinajstić information content (AvgIpc) is 2.34. The molecule has 1 aromatic rings. The van der Waals surface area contributed by atoms with Gasteiger partial charge in [0, 0.05) is 6.20 Å². The zero-order valence-electron chi connectivity index (χ0n) is 11.0. The van der Waals surface area contributed by atoms with Gasteiger partial charge in [0.05, 0.1) is 17.9 Å². The van der Waals surface area contributed by atoms with Gasteiger partial charge in [-0.25, -0.2) is 0 Å². The summed E-state index contributed by atoms with van der Waals surface area (Å²) in [6, 6.07) is 1.73. The minimum Gasteiger partial charge on any atom is -0.488 e. The molecule has 0 saturated heterocycles. The molecule has 3 N–H and O–H groups in total. The van der Waals surface area contributed by atoms with E-state index in [0.717, 1.165) is 18.8 Å². The van der Waals surface area contributed by atoms with E-state index in [1.165, 1.54) is 6.42 Å². The van der Waals surface area contributed by atoms with Crippen LogP contribution in [-0.4, -0.2) is 16.9 Å². The van der Waals surface area contributed by atoms with Crippen molar-refractivity contribution in [2.45, 2.75) is 39.2 Å². The average molecular weight is 247 g/mol. The van der Waals surface area contributed by atoms with Gasteiger partial charge < -0.3 is 10.5 Å². The molecule has 3 unspecified atom stereocenters. The van der Waals surface area contributed by atoms with E-state index in [2.05, 4.69) is 18.8 Å². The number of ether oxygens (including phenoxy) is 1. The maximum absolute atomic E-state index is 7.54. The zero-order valence-corrected chi connectivity index (χ0v) is 11.0. The lowest BCUT2D eigenvalue weighted by Crippen LogP contribution is -2.29. The molecule has 1 fully saturated rings. The highest BCUT2D eigenvalue weighted by molar-refractivity contribution is 5.97. The highest BCUT2D eigenvalue weighted by Gasteiger charge is 2.26. The largest absolute Gasteiger partial charge is 0.488 e. The summed E-state index contributed by atoms with van der Waals surface area (Å²) in [6.07, 6.45) is 6.83. The van der Waals surface area contributed by atoms with Gasteiger partial charge in [-0.05, 0) is 37.2 Å². The monoisotopic (exact) mass is 247 g/mol. The molecule has 0 aliphatic heterocycles. The maximum Gasteiger partial charge on any atom is 0.148 e. The molecule has 98 valence electrons. The van der Waals surface area contributed by atoms with E-state index < -0.39 is 0 Å². The van der Waals surface area contributed by atoms with E-state index in [4.69, 9.17) is 15.9 Å². The first-order valence-corrected chi connectivity index (χ1v) is 6.53. The van der Waals surface area contributed by atoms with Crippen LogP contribution in [0.5, 0.6) is 5.75 Å². The number of nitrogens with zero attached hydrogens (tertiary/aromatic N) is 1. The molecule has 1 saturated carbocycles. The highest BCUT2D eigenvalue weighted by Crippen LogP contribution is 2.32. The Balaban J connectivity index is 2.08. The number of rotatable bonds is 3. The smallest absolute Gasteiger partial charge is 0.148 e. The fraction of sp³-hybridized carbons (Fsp3) is 0.571. The van der Waals surface area contributed by atoms with Crippen molar-refractivity contribution >= 4 is 5.84 Å². The highest BCUT2D eigenvalue weighted by atomic mass is 16.5. The van der Waals surface area contributed by atoms with Crippen LogP contribution in [0.15, 0.2) is 18.5 Å². The second-order valence-corrected chi connectivity index (χ2v) is 5.29. The second-order valence-electron chi connectivity index (χ2n) is 5.29. The second kappa shape index (κ2) is 5.38. The predicted molar refractivity (Wildman–Crippen MR) is 71.8 cm³/mol. The van der Waals surface area contributed by atoms with Gasteiger partial charge in [-0.3, -0.25) is 10.4 Å². The fourth-order valence-corrected chi connectivity index (χ4v) is 2.48. The van der Waals surface area contributed by atoms with Crippen molar-refractivity contribution in [2.24, 2.45) is 17.6 Å². The molecule has 2 rings (SSSR count). The van der Waals surface area contributed by atoms with E-state index >= 15 is 0 Å². The fourth-order valence-electron chi connectivity index (χ4n) is 2.48. The van der Waals surface area contributed by atoms with Gasteiger partial charge in [0.1, 0.15) is 11.6 Å². The molecule has 0 aromatic carbocycles. The summed E-state index contributed by atoms with van der Waals surface area (Å²) in [5.74, 6) is 2.12. The van der Waals surface area contributed by atoms with Crippen LogP contribution in [0.25, 0.3) is 0 Å². The molecule has 18 heavy (non-hydrogen) atoms. The Morgan fingerprint density at radius 3 is 2.83 bits per heavy atom. The van der Waals surface area contributed by atoms with Crippen LogP contribution in [0.2, 0.25) is 0 Å². The number of nitrogens with two attached hydrogens (primary N) is 1. The normalized spacial score (nSPS) is 27.8. The number of nitrogens with one attached hydrogen (secondary N) is 1. The molecule has 4 heteroatoms. The number of amidine groups is 1. The molecule has 0 radical (unpaired) electrons. The summed E-state index contributed by atoms with van der Waals surface area (Å²) >= 11 is 0. The van der Waals surface area contributed by atoms with Gasteiger partial charge >= 0.3 is 0 Å². The Morgan fingerprint density at radius 2 is 2.17 bits per heavy atom. The Labute approximate surface area is 108 Å². The number of hydrogen-bond acceptors (Lipinski definition) is 3. The van der Waals surface area contributed by atoms with Gasteiger partial charge in [-0.15, -0.1) is 0 Å². The Kier molecular flexibility index (Phi) is 3.84. The van der Waals surface area contributed by atoms with Gasteiger partial charge in [0.25, 0.3) is 0 Å². The maximum atomic E-state index is 7.54. The van der Waals surface area contributed by atoms with Crippen LogP contribution in [0, 0.1) is 17.2 Å². The number of pyridine rings is 1. The standard InChI is InChI=1S/C14H21N3O/c1-9-3-4-11(7-10(9)2)18-13-8-17-6-5-12(13)14(15)16/h5-6,8-11H,3-4,7H2,1-2H3,(H3,15,16). The molecule has 0 spiro atoms. The minimum absolute atomic E-state index is 0.0321. The van der Waals surface area contributed by atoms with Crippen molar-refractivity contribution in [2.75, 3.05) is 0 Å². The van der Waals surface area contributed by atoms with Crippen LogP contribution >= 0.6 is 0 Å². The quantitative estimate of drug-likeness (QED) is 0.637. The molecular formula is C14H21N3O. The molecule has 4 nitrogen and oxygen atoms in total. The summed E-state index contributed by atoms with van der Waals surface area (Å²) in [7, 11) is 0. The topological polar surface area (TPSA) is 72.0 Å². The first-order chi connectivity index (χ1) is 8.58. The molecule has 1 aliphatic rings. The minimum atomic E-state index is 0.0321. The SMILES string of the molecule is CC1CCC(Oc2cnccc2C(=N)N)CC1C. The van der Waals surface area contributed by atoms with Crippen LogP contribution in [-0.2, 0) is 0 Å². The third-order valence-electron chi connectivity index (χ3n) is 3.92. The van der Waals surface area contributed by atoms with Gasteiger partial charge in [0.15, 0.2) is 0 Å². The first-order valence-electron chi connectivity index (χ1n) is 6.53. The summed E-state index contributed by atoms with van der Waals surface area (Å²) in [5, 5.41) is 7.54. The first kappa shape index (κ1) is 12.9. The van der Waals surface area contributed by atoms with Crippen molar-refractivity contribution in [3.63, 3.8) is 0 Å². The molecule has 3 atom stereocenters. The van der Waals surface area contributed by atoms with Crippen molar-refractivity contribution < 1.29 is 4.74 Å². The zero-order chi connectivity index (χ0) is 13.1. The lowest BCUT2D eigenvalue weighted by Gasteiger charge is -2.32. The van der Waals surface area contributed by atoms with Crippen molar-refractivity contribution in [3.8, 4) is 5.75 Å². The van der Waals surface area contributed by atoms with Crippen LogP contribution in [0.4, 0.5) is 0 Å². The third kappa shape index (κ3) is 2.81. The van der Waals surface area contributed by atoms with Crippen LogP contribution in [0.1, 0.15) is 38.7 Å². The molecular weight excluding hydrogens is 226 g/mol. The number of aromatic nitrogens is 1. The Bertz CT molecular complexity index is 433. The lowest BCUT2D eigenvalue weighted by atomic mass is 9.80. The molecule has 0 amide bonds. The Hall–Kier alpha value is -1.58. The lowest BCUT2D eigenvalue weighted by molar-refractivity contribution is 0.100. The van der Waals surface area contributed by atoms with E-state index in [1.807, 2.05) is 0 Å². The number of hydrogen-bond donors (Lipinski definition) is 2. The van der Waals surface area contributed by atoms with Gasteiger partial charge in [0.2, 0.25) is 0 Å². The van der Waals surface area contributed by atoms with Crippen molar-refractivity contribution in [1.29, 1.82) is 5.41 Å². The summed E-state index contributed by atoms with van der Waals surface area (Å²) in [6.45, 7) is 4.57. The van der Waals surface area contributed by atoms with Gasteiger partial charge in [-0.1, -0.05) is 13.8 Å². The van der Waals surface area contributed by atoms with Crippen LogP contribution in [0.3, 0.4) is 0 Å². The molecule has 0 bridgehead atoms. The molecule has 1 aromatic heterocycles. The van der Waals surface area contributed by atoms with Crippen LogP contribution < -0.4 is 10.5 Å². The third-order valence-corrected chi connectivity index (χ3v) is 3.92. The van der Waals surface area contributed by atoms with E-state index in [0.29, 0.717) is 17.2 Å². The summed E-state index contributed by atoms with van der Waals surface area (Å²) in [5.41, 5.74) is 6.18. The summed E-state index contributed by atoms with van der Waals surface area (Å²) < 4.78 is 5.98. The number of nitrogen functional groups attached to an aromatic ring is 1. The molecule has 1 aliphatic carbocycles. The van der Waals surface area contributed by atoms with E-state index in [9.17, 15) is 0 Å². The van der Waals surface area contributed by atoms with E-state index in [1.54, 1.807) is 18.5 Å². The summed E-state index contributed by atoms with van der Waals surface area (Å²) in [4.78, 5) is 4.05. The van der Waals surface area contributed by atoms with Crippen molar-refractivity contribution in [1.82, 2.24) is 4.98 Å². The Morgan fingerprint density at radius 1 is 1.39 bits per heavy atom. The van der Waals surface area contributed by atoms with E-state index in [-0.39, 0.29) is 11.9 Å². The predicted octanol–water partition coefficient (Wildman–Crippen LogP) is 2.57.